The van der Waals surface area contributed by atoms with Crippen LogP contribution in [0.25, 0.3) is 33.2 Å². The van der Waals surface area contributed by atoms with E-state index in [0.717, 1.165) is 38.7 Å². The Morgan fingerprint density at radius 3 is 2.61 bits per heavy atom. The molecule has 2 N–H and O–H groups in total. The first-order valence-corrected chi connectivity index (χ1v) is 9.99. The fraction of sp³-hybridized carbons (Fsp3) is 0.160. The van der Waals surface area contributed by atoms with Gasteiger partial charge in [0.15, 0.2) is 0 Å². The summed E-state index contributed by atoms with van der Waals surface area (Å²) < 4.78 is 10.4. The third-order valence-corrected chi connectivity index (χ3v) is 5.09. The monoisotopic (exact) mass is 413 g/mol. The normalized spacial score (nSPS) is 10.8. The first kappa shape index (κ1) is 20.3. The van der Waals surface area contributed by atoms with Crippen LogP contribution < -0.4 is 10.5 Å². The molecular formula is C25H23N3O3. The van der Waals surface area contributed by atoms with Crippen molar-refractivity contribution in [2.45, 2.75) is 13.8 Å². The summed E-state index contributed by atoms with van der Waals surface area (Å²) in [5.41, 5.74) is 12.1. The molecule has 2 heterocycles. The minimum atomic E-state index is -0.360. The van der Waals surface area contributed by atoms with Crippen molar-refractivity contribution in [1.82, 2.24) is 9.97 Å². The molecule has 0 unspecified atom stereocenters. The van der Waals surface area contributed by atoms with E-state index in [1.165, 1.54) is 0 Å². The molecule has 0 saturated carbocycles. The minimum absolute atomic E-state index is 0.325. The number of nitrogens with two attached hydrogens (primary N) is 1. The van der Waals surface area contributed by atoms with Crippen LogP contribution >= 0.6 is 0 Å². The molecule has 2 aromatic carbocycles. The standard InChI is InChI=1S/C25H23N3O3/c1-4-31-25(29)18-7-5-6-17(12-18)21-13-19-11-16(8-9-22(19)28-23(21)26)20-10-15(2)24(30-3)27-14-20/h5-14H,4H2,1-3H3,(H2,26,28). The number of ether oxygens (including phenoxy) is 2. The van der Waals surface area contributed by atoms with E-state index in [9.17, 15) is 4.79 Å². The molecule has 0 bridgehead atoms. The molecule has 0 aliphatic heterocycles. The highest BCUT2D eigenvalue weighted by Gasteiger charge is 2.12. The molecule has 0 atom stereocenters. The lowest BCUT2D eigenvalue weighted by atomic mass is 9.99. The Morgan fingerprint density at radius 2 is 1.87 bits per heavy atom. The van der Waals surface area contributed by atoms with Crippen LogP contribution in [-0.2, 0) is 4.74 Å². The molecule has 4 rings (SSSR count). The van der Waals surface area contributed by atoms with E-state index in [-0.39, 0.29) is 5.97 Å². The van der Waals surface area contributed by atoms with Gasteiger partial charge in [-0.2, -0.15) is 0 Å². The van der Waals surface area contributed by atoms with Crippen molar-refractivity contribution in [1.29, 1.82) is 0 Å². The van der Waals surface area contributed by atoms with E-state index in [2.05, 4.69) is 16.0 Å². The number of hydrogen-bond donors (Lipinski definition) is 1. The number of fused-ring (bicyclic) bond motifs is 1. The first-order chi connectivity index (χ1) is 15.0. The second kappa shape index (κ2) is 8.44. The second-order valence-electron chi connectivity index (χ2n) is 7.18. The minimum Gasteiger partial charge on any atom is -0.481 e. The van der Waals surface area contributed by atoms with Gasteiger partial charge in [0.05, 0.1) is 24.8 Å². The van der Waals surface area contributed by atoms with Gasteiger partial charge < -0.3 is 15.2 Å². The van der Waals surface area contributed by atoms with Crippen LogP contribution in [0.1, 0.15) is 22.8 Å². The van der Waals surface area contributed by atoms with Crippen molar-refractivity contribution < 1.29 is 14.3 Å². The number of carbonyl (C=O) groups is 1. The fourth-order valence-corrected chi connectivity index (χ4v) is 3.56. The van der Waals surface area contributed by atoms with Crippen molar-refractivity contribution >= 4 is 22.7 Å². The smallest absolute Gasteiger partial charge is 0.338 e. The zero-order valence-corrected chi connectivity index (χ0v) is 17.7. The Bertz CT molecular complexity index is 1280. The van der Waals surface area contributed by atoms with E-state index in [1.807, 2.05) is 43.3 Å². The quantitative estimate of drug-likeness (QED) is 0.461. The van der Waals surface area contributed by atoms with Crippen molar-refractivity contribution in [3.8, 4) is 28.1 Å². The van der Waals surface area contributed by atoms with Crippen molar-refractivity contribution in [2.24, 2.45) is 0 Å². The van der Waals surface area contributed by atoms with Gasteiger partial charge in [0.25, 0.3) is 0 Å². The van der Waals surface area contributed by atoms with E-state index < -0.39 is 0 Å². The fourth-order valence-electron chi connectivity index (χ4n) is 3.56. The summed E-state index contributed by atoms with van der Waals surface area (Å²) >= 11 is 0. The van der Waals surface area contributed by atoms with Gasteiger partial charge in [0.2, 0.25) is 5.88 Å². The molecule has 6 nitrogen and oxygen atoms in total. The number of benzene rings is 2. The maximum absolute atomic E-state index is 12.1. The number of aryl methyl sites for hydroxylation is 1. The number of pyridine rings is 2. The maximum atomic E-state index is 12.1. The molecule has 6 heteroatoms. The summed E-state index contributed by atoms with van der Waals surface area (Å²) in [7, 11) is 1.61. The Hall–Kier alpha value is -3.93. The predicted molar refractivity (Wildman–Crippen MR) is 122 cm³/mol. The van der Waals surface area contributed by atoms with E-state index in [1.54, 1.807) is 32.4 Å². The lowest BCUT2D eigenvalue weighted by molar-refractivity contribution is 0.0526. The van der Waals surface area contributed by atoms with Crippen molar-refractivity contribution in [3.05, 3.63) is 71.9 Å². The zero-order valence-electron chi connectivity index (χ0n) is 17.7. The summed E-state index contributed by atoms with van der Waals surface area (Å²) in [6.45, 7) is 4.07. The van der Waals surface area contributed by atoms with Gasteiger partial charge in [-0.05, 0) is 61.4 Å². The van der Waals surface area contributed by atoms with Gasteiger partial charge in [0.1, 0.15) is 5.82 Å². The average molecular weight is 413 g/mol. The summed E-state index contributed by atoms with van der Waals surface area (Å²) in [6, 6.07) is 17.3. The summed E-state index contributed by atoms with van der Waals surface area (Å²) in [5.74, 6) is 0.660. The summed E-state index contributed by atoms with van der Waals surface area (Å²) in [5, 5.41) is 0.941. The molecule has 0 saturated heterocycles. The average Bonchev–Trinajstić information content (AvgIpc) is 2.78. The highest BCUT2D eigenvalue weighted by molar-refractivity contribution is 5.94. The summed E-state index contributed by atoms with van der Waals surface area (Å²) in [6.07, 6.45) is 1.79. The van der Waals surface area contributed by atoms with Gasteiger partial charge >= 0.3 is 5.97 Å². The molecule has 0 amide bonds. The molecule has 0 fully saturated rings. The van der Waals surface area contributed by atoms with Crippen LogP contribution in [0.4, 0.5) is 5.82 Å². The highest BCUT2D eigenvalue weighted by atomic mass is 16.5. The van der Waals surface area contributed by atoms with Crippen molar-refractivity contribution in [3.63, 3.8) is 0 Å². The largest absolute Gasteiger partial charge is 0.481 e. The number of esters is 1. The Kier molecular flexibility index (Phi) is 5.54. The van der Waals surface area contributed by atoms with Gasteiger partial charge in [-0.25, -0.2) is 14.8 Å². The number of nitrogens with zero attached hydrogens (tertiary/aromatic N) is 2. The highest BCUT2D eigenvalue weighted by Crippen LogP contribution is 2.32. The first-order valence-electron chi connectivity index (χ1n) is 9.99. The van der Waals surface area contributed by atoms with Crippen LogP contribution in [0.2, 0.25) is 0 Å². The number of anilines is 1. The lowest BCUT2D eigenvalue weighted by Crippen LogP contribution is -2.04. The lowest BCUT2D eigenvalue weighted by Gasteiger charge is -2.11. The van der Waals surface area contributed by atoms with Crippen LogP contribution in [-0.4, -0.2) is 29.7 Å². The molecule has 2 aromatic heterocycles. The van der Waals surface area contributed by atoms with E-state index in [4.69, 9.17) is 15.2 Å². The zero-order chi connectivity index (χ0) is 22.0. The molecule has 4 aromatic rings. The van der Waals surface area contributed by atoms with Gasteiger partial charge in [-0.15, -0.1) is 0 Å². The number of rotatable bonds is 5. The molecule has 0 spiro atoms. The van der Waals surface area contributed by atoms with Gasteiger partial charge in [-0.3, -0.25) is 0 Å². The molecule has 31 heavy (non-hydrogen) atoms. The SMILES string of the molecule is CCOC(=O)c1cccc(-c2cc3cc(-c4cnc(OC)c(C)c4)ccc3nc2N)c1. The number of nitrogen functional groups attached to an aromatic ring is 1. The maximum Gasteiger partial charge on any atom is 0.338 e. The molecule has 156 valence electrons. The predicted octanol–water partition coefficient (Wildman–Crippen LogP) is 5.04. The van der Waals surface area contributed by atoms with Gasteiger partial charge in [0, 0.05) is 28.3 Å². The van der Waals surface area contributed by atoms with Crippen LogP contribution in [0, 0.1) is 6.92 Å². The second-order valence-corrected chi connectivity index (χ2v) is 7.18. The number of carbonyl (C=O) groups excluding carboxylic acids is 1. The number of methoxy groups -OCH3 is 1. The van der Waals surface area contributed by atoms with Crippen LogP contribution in [0.3, 0.4) is 0 Å². The molecular weight excluding hydrogens is 390 g/mol. The number of hydrogen-bond acceptors (Lipinski definition) is 6. The van der Waals surface area contributed by atoms with Crippen LogP contribution in [0.5, 0.6) is 5.88 Å². The van der Waals surface area contributed by atoms with Crippen molar-refractivity contribution in [2.75, 3.05) is 19.5 Å². The molecule has 0 aliphatic carbocycles. The van der Waals surface area contributed by atoms with E-state index >= 15 is 0 Å². The Balaban J connectivity index is 1.78. The number of aromatic nitrogens is 2. The molecule has 0 radical (unpaired) electrons. The summed E-state index contributed by atoms with van der Waals surface area (Å²) in [4.78, 5) is 21.1. The van der Waals surface area contributed by atoms with E-state index in [0.29, 0.717) is 23.9 Å². The Morgan fingerprint density at radius 1 is 1.03 bits per heavy atom. The topological polar surface area (TPSA) is 87.3 Å². The molecule has 0 aliphatic rings. The third kappa shape index (κ3) is 4.05. The Labute approximate surface area is 180 Å². The van der Waals surface area contributed by atoms with Crippen LogP contribution in [0.15, 0.2) is 60.8 Å². The third-order valence-electron chi connectivity index (χ3n) is 5.09. The van der Waals surface area contributed by atoms with Gasteiger partial charge in [-0.1, -0.05) is 18.2 Å².